The molecule has 18 heavy (non-hydrogen) atoms. The summed E-state index contributed by atoms with van der Waals surface area (Å²) in [5.74, 6) is 1.86. The van der Waals surface area contributed by atoms with Crippen LogP contribution in [0.15, 0.2) is 35.4 Å². The number of nitrogens with zero attached hydrogens (tertiary/aromatic N) is 2. The van der Waals surface area contributed by atoms with Crippen LogP contribution in [-0.4, -0.2) is 15.5 Å². The molecule has 0 saturated heterocycles. The van der Waals surface area contributed by atoms with Crippen LogP contribution in [0.5, 0.6) is 0 Å². The van der Waals surface area contributed by atoms with Crippen molar-refractivity contribution in [2.24, 2.45) is 0 Å². The molecule has 2 rings (SSSR count). The molecule has 0 radical (unpaired) electrons. The van der Waals surface area contributed by atoms with E-state index in [1.165, 1.54) is 11.1 Å². The monoisotopic (exact) mass is 261 g/mol. The fourth-order valence-electron chi connectivity index (χ4n) is 1.69. The number of thioether (sulfide) groups is 1. The van der Waals surface area contributed by atoms with Gasteiger partial charge >= 0.3 is 0 Å². The Kier molecular flexibility index (Phi) is 4.31. The summed E-state index contributed by atoms with van der Waals surface area (Å²) in [7, 11) is 0. The van der Waals surface area contributed by atoms with Crippen LogP contribution in [0.4, 0.5) is 5.82 Å². The second-order valence-corrected chi connectivity index (χ2v) is 5.52. The lowest BCUT2D eigenvalue weighted by atomic mass is 10.1. The highest BCUT2D eigenvalue weighted by Gasteiger charge is 2.07. The summed E-state index contributed by atoms with van der Waals surface area (Å²) in [5.41, 5.74) is 8.60. The zero-order valence-electron chi connectivity index (χ0n) is 10.9. The van der Waals surface area contributed by atoms with Gasteiger partial charge in [-0.15, -0.1) is 11.8 Å². The van der Waals surface area contributed by atoms with Gasteiger partial charge in [0.2, 0.25) is 0 Å². The van der Waals surface area contributed by atoms with E-state index in [4.69, 9.17) is 5.73 Å². The number of hydrogen-bond acceptors (Lipinski definition) is 3. The van der Waals surface area contributed by atoms with Gasteiger partial charge in [-0.1, -0.05) is 36.8 Å². The molecular formula is C14H19N3S. The molecule has 96 valence electrons. The third-order valence-electron chi connectivity index (χ3n) is 2.76. The maximum Gasteiger partial charge on any atom is 0.135 e. The number of nitrogens with two attached hydrogens (primary N) is 1. The van der Waals surface area contributed by atoms with Crippen molar-refractivity contribution in [3.63, 3.8) is 0 Å². The van der Waals surface area contributed by atoms with Gasteiger partial charge < -0.3 is 5.73 Å². The first kappa shape index (κ1) is 13.0. The first-order valence-electron chi connectivity index (χ1n) is 6.20. The molecule has 3 nitrogen and oxygen atoms in total. The fourth-order valence-corrected chi connectivity index (χ4v) is 2.49. The maximum atomic E-state index is 6.10. The molecule has 2 aromatic rings. The molecule has 0 amide bonds. The summed E-state index contributed by atoms with van der Waals surface area (Å²) >= 11 is 1.77. The lowest BCUT2D eigenvalue weighted by Crippen LogP contribution is -2.06. The second kappa shape index (κ2) is 5.96. The minimum atomic E-state index is 0.735. The molecule has 0 bridgehead atoms. The number of rotatable bonds is 5. The molecule has 1 aromatic carbocycles. The van der Waals surface area contributed by atoms with Crippen LogP contribution in [0.2, 0.25) is 0 Å². The van der Waals surface area contributed by atoms with E-state index in [-0.39, 0.29) is 0 Å². The molecule has 0 unspecified atom stereocenters. The Morgan fingerprint density at radius 3 is 2.67 bits per heavy atom. The van der Waals surface area contributed by atoms with Crippen LogP contribution in [-0.2, 0) is 6.54 Å². The zero-order chi connectivity index (χ0) is 13.0. The van der Waals surface area contributed by atoms with E-state index in [0.29, 0.717) is 0 Å². The smallest absolute Gasteiger partial charge is 0.135 e. The van der Waals surface area contributed by atoms with Crippen molar-refractivity contribution in [2.45, 2.75) is 31.7 Å². The summed E-state index contributed by atoms with van der Waals surface area (Å²) < 4.78 is 1.86. The van der Waals surface area contributed by atoms with Crippen molar-refractivity contribution in [1.29, 1.82) is 0 Å². The van der Waals surface area contributed by atoms with E-state index in [0.717, 1.165) is 29.4 Å². The van der Waals surface area contributed by atoms with E-state index >= 15 is 0 Å². The van der Waals surface area contributed by atoms with E-state index in [9.17, 15) is 0 Å². The number of nitrogen functional groups attached to an aromatic ring is 1. The average Bonchev–Trinajstić information content (AvgIpc) is 2.71. The van der Waals surface area contributed by atoms with Gasteiger partial charge in [-0.2, -0.15) is 5.10 Å². The average molecular weight is 261 g/mol. The third kappa shape index (κ3) is 3.07. The molecule has 0 atom stereocenters. The molecule has 0 aliphatic heterocycles. The van der Waals surface area contributed by atoms with Crippen LogP contribution < -0.4 is 5.73 Å². The summed E-state index contributed by atoms with van der Waals surface area (Å²) in [5, 5.41) is 4.36. The number of benzene rings is 1. The van der Waals surface area contributed by atoms with Crippen molar-refractivity contribution in [3.05, 3.63) is 41.6 Å². The van der Waals surface area contributed by atoms with Gasteiger partial charge in [0.1, 0.15) is 5.82 Å². The van der Waals surface area contributed by atoms with E-state index < -0.39 is 0 Å². The Bertz CT molecular complexity index is 502. The highest BCUT2D eigenvalue weighted by molar-refractivity contribution is 7.99. The van der Waals surface area contributed by atoms with Gasteiger partial charge in [-0.25, -0.2) is 4.68 Å². The minimum absolute atomic E-state index is 0.735. The Morgan fingerprint density at radius 2 is 2.00 bits per heavy atom. The third-order valence-corrected chi connectivity index (χ3v) is 4.00. The van der Waals surface area contributed by atoms with Crippen LogP contribution in [0.1, 0.15) is 24.5 Å². The summed E-state index contributed by atoms with van der Waals surface area (Å²) in [6.45, 7) is 4.99. The van der Waals surface area contributed by atoms with Crippen molar-refractivity contribution >= 4 is 17.6 Å². The second-order valence-electron chi connectivity index (χ2n) is 4.39. The molecule has 0 spiro atoms. The summed E-state index contributed by atoms with van der Waals surface area (Å²) in [6.07, 6.45) is 3.01. The van der Waals surface area contributed by atoms with Gasteiger partial charge in [-0.05, 0) is 24.7 Å². The first-order chi connectivity index (χ1) is 8.70. The first-order valence-corrected chi connectivity index (χ1v) is 7.19. The van der Waals surface area contributed by atoms with Crippen molar-refractivity contribution in [3.8, 4) is 0 Å². The minimum Gasteiger partial charge on any atom is -0.383 e. The predicted molar refractivity (Wildman–Crippen MR) is 77.9 cm³/mol. The van der Waals surface area contributed by atoms with E-state index in [2.05, 4.69) is 43.2 Å². The topological polar surface area (TPSA) is 43.8 Å². The van der Waals surface area contributed by atoms with Crippen LogP contribution in [0.25, 0.3) is 0 Å². The quantitative estimate of drug-likeness (QED) is 0.840. The van der Waals surface area contributed by atoms with Gasteiger partial charge in [0.15, 0.2) is 0 Å². The maximum absolute atomic E-state index is 6.10. The Labute approximate surface area is 112 Å². The molecular weight excluding hydrogens is 242 g/mol. The molecule has 0 saturated carbocycles. The highest BCUT2D eigenvalue weighted by atomic mass is 32.2. The lowest BCUT2D eigenvalue weighted by Gasteiger charge is -2.05. The normalized spacial score (nSPS) is 10.8. The largest absolute Gasteiger partial charge is 0.383 e. The number of aromatic nitrogens is 2. The lowest BCUT2D eigenvalue weighted by molar-refractivity contribution is 0.696. The van der Waals surface area contributed by atoms with E-state index in [1.54, 1.807) is 11.8 Å². The van der Waals surface area contributed by atoms with Crippen molar-refractivity contribution in [2.75, 3.05) is 11.5 Å². The number of aryl methyl sites for hydroxylation is 1. The van der Waals surface area contributed by atoms with Crippen molar-refractivity contribution in [1.82, 2.24) is 9.78 Å². The van der Waals surface area contributed by atoms with Crippen molar-refractivity contribution < 1.29 is 0 Å². The van der Waals surface area contributed by atoms with Crippen LogP contribution in [0, 0.1) is 6.92 Å². The van der Waals surface area contributed by atoms with Gasteiger partial charge in [-0.3, -0.25) is 0 Å². The van der Waals surface area contributed by atoms with Crippen LogP contribution in [0.3, 0.4) is 0 Å². The fraction of sp³-hybridized carbons (Fsp3) is 0.357. The molecule has 0 aliphatic carbocycles. The van der Waals surface area contributed by atoms with Gasteiger partial charge in [0.25, 0.3) is 0 Å². The molecule has 1 aromatic heterocycles. The molecule has 0 fully saturated rings. The Hall–Kier alpha value is -1.42. The SMILES string of the molecule is CCCSc1cnn(Cc2ccc(C)cc2)c1N. The predicted octanol–water partition coefficient (Wildman–Crippen LogP) is 3.32. The standard InChI is InChI=1S/C14H19N3S/c1-3-8-18-13-9-16-17(14(13)15)10-12-6-4-11(2)5-7-12/h4-7,9H,3,8,10,15H2,1-2H3. The van der Waals surface area contributed by atoms with Gasteiger partial charge in [0, 0.05) is 0 Å². The summed E-state index contributed by atoms with van der Waals surface area (Å²) in [6, 6.07) is 8.47. The van der Waals surface area contributed by atoms with Gasteiger partial charge in [0.05, 0.1) is 17.6 Å². The molecule has 2 N–H and O–H groups in total. The zero-order valence-corrected chi connectivity index (χ0v) is 11.7. The van der Waals surface area contributed by atoms with Crippen LogP contribution >= 0.6 is 11.8 Å². The van der Waals surface area contributed by atoms with E-state index in [1.807, 2.05) is 10.9 Å². The highest BCUT2D eigenvalue weighted by Crippen LogP contribution is 2.25. The molecule has 1 heterocycles. The summed E-state index contributed by atoms with van der Waals surface area (Å²) in [4.78, 5) is 1.09. The number of hydrogen-bond donors (Lipinski definition) is 1. The molecule has 0 aliphatic rings. The Morgan fingerprint density at radius 1 is 1.28 bits per heavy atom. The molecule has 4 heteroatoms. The number of anilines is 1. The Balaban J connectivity index is 2.09.